The number of rotatable bonds is 7. The van der Waals surface area contributed by atoms with Gasteiger partial charge >= 0.3 is 11.9 Å². The number of carbonyl (C=O) groups excluding carboxylic acids is 3. The summed E-state index contributed by atoms with van der Waals surface area (Å²) in [6, 6.07) is 0. The third-order valence-corrected chi connectivity index (χ3v) is 4.86. The van der Waals surface area contributed by atoms with Gasteiger partial charge in [-0.1, -0.05) is 36.8 Å². The smallest absolute Gasteiger partial charge is 0.330 e. The van der Waals surface area contributed by atoms with E-state index in [2.05, 4.69) is 0 Å². The Balaban J connectivity index is 2.95. The second-order valence-corrected chi connectivity index (χ2v) is 6.80. The minimum absolute atomic E-state index is 0.172. The Labute approximate surface area is 156 Å². The van der Waals surface area contributed by atoms with Crippen LogP contribution in [-0.2, 0) is 23.9 Å². The Kier molecular flexibility index (Phi) is 8.49. The highest BCUT2D eigenvalue weighted by Gasteiger charge is 2.48. The Morgan fingerprint density at radius 1 is 1.19 bits per heavy atom. The number of Topliss-reactive ketones (excluding diaryl/α,β-unsaturated/α-hetero) is 1. The van der Waals surface area contributed by atoms with Crippen LogP contribution in [0.25, 0.3) is 0 Å². The van der Waals surface area contributed by atoms with Gasteiger partial charge in [-0.3, -0.25) is 9.59 Å². The topological polar surface area (TPSA) is 69.7 Å². The van der Waals surface area contributed by atoms with Gasteiger partial charge in [0.2, 0.25) is 0 Å². The van der Waals surface area contributed by atoms with Crippen molar-refractivity contribution < 1.29 is 23.9 Å². The van der Waals surface area contributed by atoms with Gasteiger partial charge in [-0.25, -0.2) is 4.79 Å². The SMILES string of the molecule is CCOC(=O)/C=C/C=C(C)/C=C/C1C(C)C(=O)CCC1(C)C(=O)OCC. The van der Waals surface area contributed by atoms with Crippen LogP contribution in [0.5, 0.6) is 0 Å². The molecule has 3 unspecified atom stereocenters. The van der Waals surface area contributed by atoms with Crippen molar-refractivity contribution in [2.24, 2.45) is 17.3 Å². The molecule has 5 heteroatoms. The fourth-order valence-corrected chi connectivity index (χ4v) is 3.22. The summed E-state index contributed by atoms with van der Waals surface area (Å²) in [5.74, 6) is -0.928. The second kappa shape index (κ2) is 10.1. The van der Waals surface area contributed by atoms with Crippen LogP contribution >= 0.6 is 0 Å². The molecular weight excluding hydrogens is 332 g/mol. The lowest BCUT2D eigenvalue weighted by Gasteiger charge is -2.40. The van der Waals surface area contributed by atoms with E-state index in [9.17, 15) is 14.4 Å². The molecule has 0 bridgehead atoms. The first kappa shape index (κ1) is 21.9. The molecular formula is C21H30O5. The number of ketones is 1. The lowest BCUT2D eigenvalue weighted by atomic mass is 9.62. The lowest BCUT2D eigenvalue weighted by Crippen LogP contribution is -2.45. The molecule has 1 fully saturated rings. The van der Waals surface area contributed by atoms with Gasteiger partial charge in [-0.2, -0.15) is 0 Å². The molecule has 0 saturated heterocycles. The first-order valence-electron chi connectivity index (χ1n) is 9.16. The van der Waals surface area contributed by atoms with E-state index in [1.54, 1.807) is 26.0 Å². The summed E-state index contributed by atoms with van der Waals surface area (Å²) in [6.45, 7) is 9.84. The molecule has 1 aliphatic rings. The molecule has 5 nitrogen and oxygen atoms in total. The van der Waals surface area contributed by atoms with Gasteiger partial charge in [0.15, 0.2) is 0 Å². The molecule has 0 aromatic rings. The van der Waals surface area contributed by atoms with E-state index >= 15 is 0 Å². The van der Waals surface area contributed by atoms with Crippen molar-refractivity contribution in [2.45, 2.75) is 47.5 Å². The normalized spacial score (nSPS) is 27.1. The maximum absolute atomic E-state index is 12.5. The molecule has 0 spiro atoms. The van der Waals surface area contributed by atoms with Crippen molar-refractivity contribution in [3.8, 4) is 0 Å². The van der Waals surface area contributed by atoms with Gasteiger partial charge in [0.25, 0.3) is 0 Å². The number of ether oxygens (including phenoxy) is 2. The number of allylic oxidation sites excluding steroid dienone is 5. The average Bonchev–Trinajstić information content (AvgIpc) is 2.59. The summed E-state index contributed by atoms with van der Waals surface area (Å²) in [7, 11) is 0. The van der Waals surface area contributed by atoms with Crippen molar-refractivity contribution in [1.82, 2.24) is 0 Å². The van der Waals surface area contributed by atoms with E-state index in [1.165, 1.54) is 6.08 Å². The minimum Gasteiger partial charge on any atom is -0.466 e. The predicted octanol–water partition coefficient (Wildman–Crippen LogP) is 3.79. The molecule has 0 heterocycles. The van der Waals surface area contributed by atoms with Crippen molar-refractivity contribution in [3.05, 3.63) is 36.0 Å². The van der Waals surface area contributed by atoms with Crippen LogP contribution in [0.1, 0.15) is 47.5 Å². The number of hydrogen-bond donors (Lipinski definition) is 0. The molecule has 0 N–H and O–H groups in total. The van der Waals surface area contributed by atoms with E-state index in [-0.39, 0.29) is 29.6 Å². The summed E-state index contributed by atoms with van der Waals surface area (Å²) in [5, 5.41) is 0. The maximum atomic E-state index is 12.5. The summed E-state index contributed by atoms with van der Waals surface area (Å²) >= 11 is 0. The zero-order valence-corrected chi connectivity index (χ0v) is 16.4. The van der Waals surface area contributed by atoms with Gasteiger partial charge in [-0.15, -0.1) is 0 Å². The highest BCUT2D eigenvalue weighted by Crippen LogP contribution is 2.44. The molecule has 3 atom stereocenters. The quantitative estimate of drug-likeness (QED) is 0.391. The monoisotopic (exact) mass is 362 g/mol. The van der Waals surface area contributed by atoms with Crippen LogP contribution in [0.15, 0.2) is 36.0 Å². The molecule has 0 aromatic heterocycles. The third kappa shape index (κ3) is 5.68. The maximum Gasteiger partial charge on any atom is 0.330 e. The molecule has 1 rings (SSSR count). The summed E-state index contributed by atoms with van der Waals surface area (Å²) < 4.78 is 10.1. The predicted molar refractivity (Wildman–Crippen MR) is 100 cm³/mol. The van der Waals surface area contributed by atoms with Gasteiger partial charge in [0, 0.05) is 24.3 Å². The van der Waals surface area contributed by atoms with E-state index in [4.69, 9.17) is 9.47 Å². The summed E-state index contributed by atoms with van der Waals surface area (Å²) in [5.41, 5.74) is 0.197. The van der Waals surface area contributed by atoms with Crippen LogP contribution in [0, 0.1) is 17.3 Å². The lowest BCUT2D eigenvalue weighted by molar-refractivity contribution is -0.161. The summed E-state index contributed by atoms with van der Waals surface area (Å²) in [4.78, 5) is 35.9. The van der Waals surface area contributed by atoms with E-state index < -0.39 is 5.41 Å². The van der Waals surface area contributed by atoms with Gasteiger partial charge in [-0.05, 0) is 34.1 Å². The average molecular weight is 362 g/mol. The van der Waals surface area contributed by atoms with Gasteiger partial charge in [0.05, 0.1) is 18.6 Å². The van der Waals surface area contributed by atoms with Crippen molar-refractivity contribution in [2.75, 3.05) is 13.2 Å². The fourth-order valence-electron chi connectivity index (χ4n) is 3.22. The van der Waals surface area contributed by atoms with Crippen LogP contribution in [0.4, 0.5) is 0 Å². The van der Waals surface area contributed by atoms with Gasteiger partial charge < -0.3 is 9.47 Å². The Bertz CT molecular complexity index is 614. The highest BCUT2D eigenvalue weighted by atomic mass is 16.5. The fraction of sp³-hybridized carbons (Fsp3) is 0.571. The van der Waals surface area contributed by atoms with Gasteiger partial charge in [0.1, 0.15) is 5.78 Å². The second-order valence-electron chi connectivity index (χ2n) is 6.80. The third-order valence-electron chi connectivity index (χ3n) is 4.86. The zero-order valence-electron chi connectivity index (χ0n) is 16.4. The standard InChI is InChI=1S/C21H30O5/c1-6-25-19(23)10-8-9-15(3)11-12-17-16(4)18(22)13-14-21(17,5)20(24)26-7-2/h8-12,16-17H,6-7,13-14H2,1-5H3/b10-8+,12-11+,15-9+. The zero-order chi connectivity index (χ0) is 19.7. The highest BCUT2D eigenvalue weighted by molar-refractivity contribution is 5.87. The van der Waals surface area contributed by atoms with Crippen LogP contribution < -0.4 is 0 Å². The van der Waals surface area contributed by atoms with Crippen molar-refractivity contribution >= 4 is 17.7 Å². The Morgan fingerprint density at radius 2 is 1.85 bits per heavy atom. The number of hydrogen-bond acceptors (Lipinski definition) is 5. The summed E-state index contributed by atoms with van der Waals surface area (Å²) in [6.07, 6.45) is 9.46. The number of carbonyl (C=O) groups is 3. The van der Waals surface area contributed by atoms with Crippen LogP contribution in [0.2, 0.25) is 0 Å². The molecule has 0 amide bonds. The molecule has 1 saturated carbocycles. The van der Waals surface area contributed by atoms with Crippen LogP contribution in [-0.4, -0.2) is 30.9 Å². The molecule has 0 aromatic carbocycles. The molecule has 1 aliphatic carbocycles. The number of esters is 2. The Morgan fingerprint density at radius 3 is 2.46 bits per heavy atom. The van der Waals surface area contributed by atoms with Crippen molar-refractivity contribution in [1.29, 1.82) is 0 Å². The largest absolute Gasteiger partial charge is 0.466 e. The van der Waals surface area contributed by atoms with E-state index in [0.29, 0.717) is 26.1 Å². The Hall–Kier alpha value is -2.17. The van der Waals surface area contributed by atoms with E-state index in [0.717, 1.165) is 5.57 Å². The minimum atomic E-state index is -0.707. The van der Waals surface area contributed by atoms with Crippen LogP contribution in [0.3, 0.4) is 0 Å². The molecule has 26 heavy (non-hydrogen) atoms. The van der Waals surface area contributed by atoms with E-state index in [1.807, 2.05) is 32.9 Å². The first-order chi connectivity index (χ1) is 12.3. The molecule has 144 valence electrons. The molecule has 0 aliphatic heterocycles. The first-order valence-corrected chi connectivity index (χ1v) is 9.16. The molecule has 0 radical (unpaired) electrons. The van der Waals surface area contributed by atoms with Crippen molar-refractivity contribution in [3.63, 3.8) is 0 Å².